The van der Waals surface area contributed by atoms with Crippen LogP contribution in [0.3, 0.4) is 0 Å². The van der Waals surface area contributed by atoms with Crippen LogP contribution < -0.4 is 5.73 Å². The fourth-order valence-corrected chi connectivity index (χ4v) is 1.87. The van der Waals surface area contributed by atoms with Crippen LogP contribution in [0.1, 0.15) is 18.0 Å². The number of nitrogens with two attached hydrogens (primary N) is 1. The van der Waals surface area contributed by atoms with Crippen LogP contribution in [0.5, 0.6) is 0 Å². The van der Waals surface area contributed by atoms with Crippen molar-refractivity contribution >= 4 is 22.6 Å². The Morgan fingerprint density at radius 1 is 1.50 bits per heavy atom. The van der Waals surface area contributed by atoms with Crippen LogP contribution in [0.4, 0.5) is 0 Å². The fraction of sp³-hybridized carbons (Fsp3) is 0.200. The molecule has 1 nitrogen and oxygen atoms in total. The van der Waals surface area contributed by atoms with Crippen LogP contribution in [0.15, 0.2) is 36.9 Å². The molecule has 0 aliphatic rings. The SMILES string of the molecule is C=CC[C@@H](N)c1ccccc1I. The molecule has 0 fully saturated rings. The second-order valence-electron chi connectivity index (χ2n) is 2.65. The Hall–Kier alpha value is -0.350. The summed E-state index contributed by atoms with van der Waals surface area (Å²) in [5.41, 5.74) is 7.14. The summed E-state index contributed by atoms with van der Waals surface area (Å²) in [5.74, 6) is 0. The van der Waals surface area contributed by atoms with Crippen LogP contribution in [0, 0.1) is 3.57 Å². The fourth-order valence-electron chi connectivity index (χ4n) is 1.08. The zero-order valence-electron chi connectivity index (χ0n) is 6.83. The van der Waals surface area contributed by atoms with Gasteiger partial charge >= 0.3 is 0 Å². The molecule has 0 aliphatic heterocycles. The zero-order chi connectivity index (χ0) is 8.97. The number of halogens is 1. The van der Waals surface area contributed by atoms with Gasteiger partial charge in [0.25, 0.3) is 0 Å². The summed E-state index contributed by atoms with van der Waals surface area (Å²) in [6.07, 6.45) is 2.69. The topological polar surface area (TPSA) is 26.0 Å². The van der Waals surface area contributed by atoms with E-state index in [1.54, 1.807) is 0 Å². The van der Waals surface area contributed by atoms with Crippen molar-refractivity contribution in [1.29, 1.82) is 0 Å². The molecule has 2 heteroatoms. The van der Waals surface area contributed by atoms with E-state index in [1.165, 1.54) is 9.13 Å². The van der Waals surface area contributed by atoms with Gasteiger partial charge in [0.1, 0.15) is 0 Å². The minimum Gasteiger partial charge on any atom is -0.324 e. The highest BCUT2D eigenvalue weighted by Crippen LogP contribution is 2.20. The second kappa shape index (κ2) is 4.62. The summed E-state index contributed by atoms with van der Waals surface area (Å²) in [5, 5.41) is 0. The molecule has 0 aromatic heterocycles. The molecule has 1 rings (SSSR count). The lowest BCUT2D eigenvalue weighted by Crippen LogP contribution is -2.10. The molecule has 1 aromatic carbocycles. The Morgan fingerprint density at radius 3 is 2.75 bits per heavy atom. The lowest BCUT2D eigenvalue weighted by atomic mass is 10.1. The van der Waals surface area contributed by atoms with E-state index in [-0.39, 0.29) is 6.04 Å². The highest BCUT2D eigenvalue weighted by Gasteiger charge is 2.05. The van der Waals surface area contributed by atoms with E-state index in [2.05, 4.69) is 41.3 Å². The first-order chi connectivity index (χ1) is 5.75. The quantitative estimate of drug-likeness (QED) is 0.665. The summed E-state index contributed by atoms with van der Waals surface area (Å²) in [6.45, 7) is 3.67. The maximum absolute atomic E-state index is 5.93. The van der Waals surface area contributed by atoms with Gasteiger partial charge in [0.2, 0.25) is 0 Å². The predicted molar refractivity (Wildman–Crippen MR) is 60.9 cm³/mol. The van der Waals surface area contributed by atoms with Crippen molar-refractivity contribution < 1.29 is 0 Å². The number of hydrogen-bond donors (Lipinski definition) is 1. The first-order valence-electron chi connectivity index (χ1n) is 3.86. The van der Waals surface area contributed by atoms with Crippen LogP contribution in [0.2, 0.25) is 0 Å². The van der Waals surface area contributed by atoms with Crippen molar-refractivity contribution in [2.45, 2.75) is 12.5 Å². The van der Waals surface area contributed by atoms with Crippen molar-refractivity contribution in [3.8, 4) is 0 Å². The maximum Gasteiger partial charge on any atom is 0.0340 e. The molecule has 64 valence electrons. The van der Waals surface area contributed by atoms with Gasteiger partial charge in [-0.2, -0.15) is 0 Å². The second-order valence-corrected chi connectivity index (χ2v) is 3.81. The molecular formula is C10H12IN. The lowest BCUT2D eigenvalue weighted by molar-refractivity contribution is 0.737. The third-order valence-corrected chi connectivity index (χ3v) is 2.71. The van der Waals surface area contributed by atoms with E-state index >= 15 is 0 Å². The van der Waals surface area contributed by atoms with Crippen molar-refractivity contribution in [1.82, 2.24) is 0 Å². The van der Waals surface area contributed by atoms with Gasteiger partial charge in [-0.3, -0.25) is 0 Å². The maximum atomic E-state index is 5.93. The zero-order valence-corrected chi connectivity index (χ0v) is 8.99. The molecule has 0 amide bonds. The van der Waals surface area contributed by atoms with Crippen molar-refractivity contribution in [3.05, 3.63) is 46.1 Å². The summed E-state index contributed by atoms with van der Waals surface area (Å²) in [7, 11) is 0. The van der Waals surface area contributed by atoms with Crippen molar-refractivity contribution in [3.63, 3.8) is 0 Å². The lowest BCUT2D eigenvalue weighted by Gasteiger charge is -2.10. The average Bonchev–Trinajstić information content (AvgIpc) is 2.05. The molecule has 2 N–H and O–H groups in total. The van der Waals surface area contributed by atoms with Crippen LogP contribution in [-0.4, -0.2) is 0 Å². The van der Waals surface area contributed by atoms with Crippen LogP contribution in [0.25, 0.3) is 0 Å². The van der Waals surface area contributed by atoms with E-state index in [9.17, 15) is 0 Å². The van der Waals surface area contributed by atoms with Gasteiger partial charge in [-0.1, -0.05) is 24.3 Å². The highest BCUT2D eigenvalue weighted by molar-refractivity contribution is 14.1. The van der Waals surface area contributed by atoms with Crippen LogP contribution >= 0.6 is 22.6 Å². The molecule has 0 unspecified atom stereocenters. The van der Waals surface area contributed by atoms with Gasteiger partial charge in [-0.05, 0) is 40.6 Å². The molecule has 0 saturated carbocycles. The Labute approximate surface area is 86.8 Å². The number of rotatable bonds is 3. The summed E-state index contributed by atoms with van der Waals surface area (Å²) in [6, 6.07) is 8.26. The Balaban J connectivity index is 2.86. The van der Waals surface area contributed by atoms with Crippen LogP contribution in [-0.2, 0) is 0 Å². The predicted octanol–water partition coefficient (Wildman–Crippen LogP) is 2.87. The molecule has 0 aliphatic carbocycles. The molecule has 0 bridgehead atoms. The third kappa shape index (κ3) is 2.32. The monoisotopic (exact) mass is 273 g/mol. The Morgan fingerprint density at radius 2 is 2.17 bits per heavy atom. The van der Waals surface area contributed by atoms with E-state index in [1.807, 2.05) is 18.2 Å². The summed E-state index contributed by atoms with van der Waals surface area (Å²) < 4.78 is 1.23. The Kier molecular flexibility index (Phi) is 3.75. The van der Waals surface area contributed by atoms with Gasteiger partial charge in [-0.25, -0.2) is 0 Å². The van der Waals surface area contributed by atoms with E-state index in [0.29, 0.717) is 0 Å². The minimum absolute atomic E-state index is 0.0931. The van der Waals surface area contributed by atoms with Gasteiger partial charge in [0.05, 0.1) is 0 Å². The molecule has 0 radical (unpaired) electrons. The first-order valence-corrected chi connectivity index (χ1v) is 4.94. The normalized spacial score (nSPS) is 12.5. The standard InChI is InChI=1S/C10H12IN/c1-2-5-10(12)8-6-3-4-7-9(8)11/h2-4,6-7,10H,1,5,12H2/t10-/m1/s1. The first kappa shape index (κ1) is 9.74. The van der Waals surface area contributed by atoms with Gasteiger partial charge in [0, 0.05) is 9.61 Å². The average molecular weight is 273 g/mol. The summed E-state index contributed by atoms with van der Waals surface area (Å²) >= 11 is 2.30. The minimum atomic E-state index is 0.0931. The van der Waals surface area contributed by atoms with Gasteiger partial charge < -0.3 is 5.73 Å². The van der Waals surface area contributed by atoms with Gasteiger partial charge in [-0.15, -0.1) is 6.58 Å². The third-order valence-electron chi connectivity index (χ3n) is 1.73. The van der Waals surface area contributed by atoms with E-state index < -0.39 is 0 Å². The Bertz CT molecular complexity index is 270. The number of benzene rings is 1. The van der Waals surface area contributed by atoms with Gasteiger partial charge in [0.15, 0.2) is 0 Å². The molecule has 12 heavy (non-hydrogen) atoms. The molecular weight excluding hydrogens is 261 g/mol. The highest BCUT2D eigenvalue weighted by atomic mass is 127. The van der Waals surface area contributed by atoms with E-state index in [4.69, 9.17) is 5.73 Å². The number of hydrogen-bond acceptors (Lipinski definition) is 1. The van der Waals surface area contributed by atoms with E-state index in [0.717, 1.165) is 6.42 Å². The molecule has 0 spiro atoms. The molecule has 0 heterocycles. The largest absolute Gasteiger partial charge is 0.324 e. The van der Waals surface area contributed by atoms with Crippen molar-refractivity contribution in [2.24, 2.45) is 5.73 Å². The molecule has 1 aromatic rings. The smallest absolute Gasteiger partial charge is 0.0340 e. The van der Waals surface area contributed by atoms with Crippen molar-refractivity contribution in [2.75, 3.05) is 0 Å². The molecule has 1 atom stereocenters. The molecule has 0 saturated heterocycles. The summed E-state index contributed by atoms with van der Waals surface area (Å²) in [4.78, 5) is 0.